The van der Waals surface area contributed by atoms with Gasteiger partial charge in [0, 0.05) is 25.0 Å². The molecule has 23 heavy (non-hydrogen) atoms. The van der Waals surface area contributed by atoms with Crippen molar-refractivity contribution >= 4 is 11.6 Å². The summed E-state index contributed by atoms with van der Waals surface area (Å²) >= 11 is 6.20. The van der Waals surface area contributed by atoms with Gasteiger partial charge in [-0.25, -0.2) is 0 Å². The van der Waals surface area contributed by atoms with Crippen molar-refractivity contribution in [1.29, 1.82) is 0 Å². The Morgan fingerprint density at radius 2 is 2.00 bits per heavy atom. The Morgan fingerprint density at radius 1 is 1.17 bits per heavy atom. The summed E-state index contributed by atoms with van der Waals surface area (Å²) < 4.78 is 11.3. The van der Waals surface area contributed by atoms with Gasteiger partial charge >= 0.3 is 0 Å². The van der Waals surface area contributed by atoms with Crippen molar-refractivity contribution in [2.24, 2.45) is 5.92 Å². The zero-order chi connectivity index (χ0) is 15.6. The van der Waals surface area contributed by atoms with Crippen LogP contribution in [0.2, 0.25) is 5.02 Å². The summed E-state index contributed by atoms with van der Waals surface area (Å²) in [4.78, 5) is 4.04. The monoisotopic (exact) mass is 330 g/mol. The zero-order valence-corrected chi connectivity index (χ0v) is 13.6. The zero-order valence-electron chi connectivity index (χ0n) is 12.8. The quantitative estimate of drug-likeness (QED) is 0.906. The van der Waals surface area contributed by atoms with E-state index in [4.69, 9.17) is 21.1 Å². The van der Waals surface area contributed by atoms with E-state index in [1.54, 1.807) is 12.4 Å². The summed E-state index contributed by atoms with van der Waals surface area (Å²) in [6, 6.07) is 8.54. The topological polar surface area (TPSA) is 43.4 Å². The highest BCUT2D eigenvalue weighted by molar-refractivity contribution is 6.31. The van der Waals surface area contributed by atoms with E-state index in [2.05, 4.69) is 22.4 Å². The number of nitrogens with one attached hydrogen (secondary N) is 1. The van der Waals surface area contributed by atoms with E-state index < -0.39 is 0 Å². The molecule has 0 unspecified atom stereocenters. The Balaban J connectivity index is 1.53. The van der Waals surface area contributed by atoms with E-state index >= 15 is 0 Å². The molecule has 0 amide bonds. The molecule has 2 heterocycles. The van der Waals surface area contributed by atoms with Crippen molar-refractivity contribution in [3.63, 3.8) is 0 Å². The average molecular weight is 331 g/mol. The lowest BCUT2D eigenvalue weighted by Gasteiger charge is -2.23. The molecule has 1 aromatic heterocycles. The third-order valence-corrected chi connectivity index (χ3v) is 4.73. The van der Waals surface area contributed by atoms with Crippen molar-refractivity contribution in [3.8, 4) is 11.5 Å². The molecule has 0 spiro atoms. The molecule has 1 N–H and O–H groups in total. The molecule has 120 valence electrons. The first-order valence-electron chi connectivity index (χ1n) is 8.02. The Morgan fingerprint density at radius 3 is 2.78 bits per heavy atom. The minimum absolute atomic E-state index is 0.315. The highest BCUT2D eigenvalue weighted by atomic mass is 35.5. The lowest BCUT2D eigenvalue weighted by atomic mass is 10.0. The first kappa shape index (κ1) is 14.8. The van der Waals surface area contributed by atoms with Crippen LogP contribution < -0.4 is 14.8 Å². The van der Waals surface area contributed by atoms with Crippen LogP contribution in [0.3, 0.4) is 0 Å². The Labute approximate surface area is 140 Å². The number of hydrogen-bond acceptors (Lipinski definition) is 4. The highest BCUT2D eigenvalue weighted by Gasteiger charge is 2.32. The number of nitrogens with zero attached hydrogens (tertiary/aromatic N) is 1. The van der Waals surface area contributed by atoms with Crippen LogP contribution in [-0.4, -0.2) is 18.2 Å². The summed E-state index contributed by atoms with van der Waals surface area (Å²) in [5, 5.41) is 4.36. The van der Waals surface area contributed by atoms with E-state index in [1.165, 1.54) is 18.4 Å². The molecule has 4 rings (SSSR count). The summed E-state index contributed by atoms with van der Waals surface area (Å²) in [7, 11) is 0. The fourth-order valence-electron chi connectivity index (χ4n) is 3.01. The van der Waals surface area contributed by atoms with Crippen molar-refractivity contribution in [2.75, 3.05) is 13.2 Å². The standard InChI is InChI=1S/C18H19ClN2O2/c19-15-11-20-6-5-14(15)10-21-18(12-1-2-12)13-3-4-16-17(9-13)23-8-7-22-16/h3-6,9,11-12,18,21H,1-2,7-8,10H2/t18-/m1/s1. The second kappa shape index (κ2) is 6.38. The second-order valence-corrected chi connectivity index (χ2v) is 6.47. The minimum atomic E-state index is 0.315. The fourth-order valence-corrected chi connectivity index (χ4v) is 3.19. The summed E-state index contributed by atoms with van der Waals surface area (Å²) in [6.07, 6.45) is 5.99. The first-order chi connectivity index (χ1) is 11.3. The van der Waals surface area contributed by atoms with Gasteiger partial charge in [-0.3, -0.25) is 4.98 Å². The van der Waals surface area contributed by atoms with Crippen LogP contribution in [0.4, 0.5) is 0 Å². The highest BCUT2D eigenvalue weighted by Crippen LogP contribution is 2.43. The molecule has 0 bridgehead atoms. The molecule has 1 aromatic carbocycles. The Bertz CT molecular complexity index is 703. The third kappa shape index (κ3) is 3.28. The fraction of sp³-hybridized carbons (Fsp3) is 0.389. The maximum absolute atomic E-state index is 6.20. The van der Waals surface area contributed by atoms with E-state index in [0.29, 0.717) is 30.2 Å². The van der Waals surface area contributed by atoms with Crippen LogP contribution in [-0.2, 0) is 6.54 Å². The molecular weight excluding hydrogens is 312 g/mol. The molecule has 1 atom stereocenters. The van der Waals surface area contributed by atoms with E-state index in [9.17, 15) is 0 Å². The van der Waals surface area contributed by atoms with Crippen molar-refractivity contribution in [2.45, 2.75) is 25.4 Å². The van der Waals surface area contributed by atoms with Crippen molar-refractivity contribution in [1.82, 2.24) is 10.3 Å². The van der Waals surface area contributed by atoms with Gasteiger partial charge in [-0.05, 0) is 48.1 Å². The third-order valence-electron chi connectivity index (χ3n) is 4.39. The van der Waals surface area contributed by atoms with Gasteiger partial charge in [-0.1, -0.05) is 17.7 Å². The van der Waals surface area contributed by atoms with Gasteiger partial charge in [0.25, 0.3) is 0 Å². The molecule has 0 radical (unpaired) electrons. The number of hydrogen-bond donors (Lipinski definition) is 1. The molecular formula is C18H19ClN2O2. The van der Waals surface area contributed by atoms with Gasteiger partial charge in [0.15, 0.2) is 11.5 Å². The van der Waals surface area contributed by atoms with Crippen LogP contribution in [0.25, 0.3) is 0 Å². The molecule has 2 aliphatic rings. The molecule has 4 nitrogen and oxygen atoms in total. The van der Waals surface area contributed by atoms with Crippen LogP contribution in [0.1, 0.15) is 30.0 Å². The molecule has 2 aromatic rings. The van der Waals surface area contributed by atoms with Gasteiger partial charge in [0.05, 0.1) is 5.02 Å². The average Bonchev–Trinajstić information content (AvgIpc) is 3.41. The molecule has 0 saturated heterocycles. The molecule has 1 saturated carbocycles. The SMILES string of the molecule is Clc1cnccc1CN[C@@H](c1ccc2c(c1)OCCO2)C1CC1. The predicted octanol–water partition coefficient (Wildman–Crippen LogP) is 3.75. The number of pyridine rings is 1. The van der Waals surface area contributed by atoms with Gasteiger partial charge in [-0.15, -0.1) is 0 Å². The molecule has 1 aliphatic carbocycles. The largest absolute Gasteiger partial charge is 0.486 e. The number of ether oxygens (including phenoxy) is 2. The Hall–Kier alpha value is -1.78. The van der Waals surface area contributed by atoms with Crippen molar-refractivity contribution in [3.05, 3.63) is 52.8 Å². The molecule has 1 aliphatic heterocycles. The van der Waals surface area contributed by atoms with Crippen LogP contribution in [0, 0.1) is 5.92 Å². The summed E-state index contributed by atoms with van der Waals surface area (Å²) in [6.45, 7) is 1.97. The van der Waals surface area contributed by atoms with E-state index in [-0.39, 0.29) is 0 Å². The number of fused-ring (bicyclic) bond motifs is 1. The normalized spacial score (nSPS) is 17.8. The van der Waals surface area contributed by atoms with Gasteiger partial charge in [0.1, 0.15) is 13.2 Å². The van der Waals surface area contributed by atoms with Crippen LogP contribution in [0.15, 0.2) is 36.7 Å². The molecule has 5 heteroatoms. The smallest absolute Gasteiger partial charge is 0.161 e. The maximum Gasteiger partial charge on any atom is 0.161 e. The first-order valence-corrected chi connectivity index (χ1v) is 8.40. The number of halogens is 1. The molecule has 1 fully saturated rings. The number of aromatic nitrogens is 1. The van der Waals surface area contributed by atoms with Crippen LogP contribution >= 0.6 is 11.6 Å². The van der Waals surface area contributed by atoms with Gasteiger partial charge in [0.2, 0.25) is 0 Å². The van der Waals surface area contributed by atoms with Crippen molar-refractivity contribution < 1.29 is 9.47 Å². The van der Waals surface area contributed by atoms with E-state index in [1.807, 2.05) is 12.1 Å². The lowest BCUT2D eigenvalue weighted by molar-refractivity contribution is 0.171. The predicted molar refractivity (Wildman–Crippen MR) is 89.0 cm³/mol. The second-order valence-electron chi connectivity index (χ2n) is 6.07. The van der Waals surface area contributed by atoms with E-state index in [0.717, 1.165) is 23.6 Å². The van der Waals surface area contributed by atoms with Gasteiger partial charge in [-0.2, -0.15) is 0 Å². The number of rotatable bonds is 5. The number of benzene rings is 1. The maximum atomic E-state index is 6.20. The lowest BCUT2D eigenvalue weighted by Crippen LogP contribution is -2.23. The minimum Gasteiger partial charge on any atom is -0.486 e. The van der Waals surface area contributed by atoms with Gasteiger partial charge < -0.3 is 14.8 Å². The Kier molecular flexibility index (Phi) is 4.10. The van der Waals surface area contributed by atoms with Crippen LogP contribution in [0.5, 0.6) is 11.5 Å². The summed E-state index contributed by atoms with van der Waals surface area (Å²) in [5.41, 5.74) is 2.33. The summed E-state index contributed by atoms with van der Waals surface area (Å²) in [5.74, 6) is 2.37.